The van der Waals surface area contributed by atoms with Crippen LogP contribution in [0.3, 0.4) is 0 Å². The highest BCUT2D eigenvalue weighted by Gasteiger charge is 2.57. The zero-order valence-corrected chi connectivity index (χ0v) is 19.3. The van der Waals surface area contributed by atoms with E-state index in [9.17, 15) is 9.59 Å². The normalized spacial score (nSPS) is 22.2. The van der Waals surface area contributed by atoms with Crippen molar-refractivity contribution in [1.82, 2.24) is 9.88 Å². The standard InChI is InChI=1S/C28H22N2O3S/c31-25-20-6-1-3-7-22(20)28(33-25)13-14-30(17-28)26(32)27(11-12-27)18-9-10-23(29-15-18)21-16-34-24-8-4-2-5-19(21)24/h1-10,15-16H,11-14,17H2/t28-/m0/s1. The maximum absolute atomic E-state index is 13.7. The van der Waals surface area contributed by atoms with Gasteiger partial charge in [-0.1, -0.05) is 42.5 Å². The van der Waals surface area contributed by atoms with Gasteiger partial charge in [-0.05, 0) is 36.6 Å². The summed E-state index contributed by atoms with van der Waals surface area (Å²) in [6, 6.07) is 20.0. The van der Waals surface area contributed by atoms with Crippen molar-refractivity contribution in [2.24, 2.45) is 0 Å². The number of pyridine rings is 1. The van der Waals surface area contributed by atoms with Crippen molar-refractivity contribution in [3.05, 3.63) is 88.9 Å². The summed E-state index contributed by atoms with van der Waals surface area (Å²) in [5.74, 6) is -0.160. The fraction of sp³-hybridized carbons (Fsp3) is 0.250. The number of carbonyl (C=O) groups is 2. The smallest absolute Gasteiger partial charge is 0.339 e. The van der Waals surface area contributed by atoms with Crippen LogP contribution >= 0.6 is 11.3 Å². The lowest BCUT2D eigenvalue weighted by Crippen LogP contribution is -2.40. The molecule has 6 heteroatoms. The summed E-state index contributed by atoms with van der Waals surface area (Å²) in [7, 11) is 0. The Kier molecular flexibility index (Phi) is 4.10. The number of amides is 1. The van der Waals surface area contributed by atoms with Crippen LogP contribution in [0.1, 0.15) is 40.7 Å². The lowest BCUT2D eigenvalue weighted by atomic mass is 9.91. The van der Waals surface area contributed by atoms with Gasteiger partial charge < -0.3 is 9.64 Å². The molecule has 0 radical (unpaired) electrons. The molecule has 4 aromatic rings. The average molecular weight is 467 g/mol. The van der Waals surface area contributed by atoms with Crippen LogP contribution in [0.2, 0.25) is 0 Å². The van der Waals surface area contributed by atoms with Crippen molar-refractivity contribution in [2.75, 3.05) is 13.1 Å². The van der Waals surface area contributed by atoms with E-state index in [1.165, 1.54) is 10.1 Å². The number of likely N-dealkylation sites (tertiary alicyclic amines) is 1. The highest BCUT2D eigenvalue weighted by Crippen LogP contribution is 2.52. The van der Waals surface area contributed by atoms with Gasteiger partial charge in [0.15, 0.2) is 5.60 Å². The molecular formula is C28H22N2O3S. The molecule has 0 unspecified atom stereocenters. The lowest BCUT2D eigenvalue weighted by molar-refractivity contribution is -0.134. The van der Waals surface area contributed by atoms with Crippen molar-refractivity contribution in [3.63, 3.8) is 0 Å². The summed E-state index contributed by atoms with van der Waals surface area (Å²) in [6.07, 6.45) is 4.17. The number of thiophene rings is 1. The van der Waals surface area contributed by atoms with Gasteiger partial charge in [-0.3, -0.25) is 9.78 Å². The Labute approximate surface area is 201 Å². The van der Waals surface area contributed by atoms with Gasteiger partial charge in [0.05, 0.1) is 23.2 Å². The first-order valence-electron chi connectivity index (χ1n) is 11.7. The van der Waals surface area contributed by atoms with Gasteiger partial charge in [-0.2, -0.15) is 0 Å². The summed E-state index contributed by atoms with van der Waals surface area (Å²) >= 11 is 1.72. The minimum Gasteiger partial charge on any atom is -0.449 e. The highest BCUT2D eigenvalue weighted by molar-refractivity contribution is 7.17. The first kappa shape index (κ1) is 19.9. The first-order chi connectivity index (χ1) is 16.6. The van der Waals surface area contributed by atoms with E-state index in [0.717, 1.165) is 35.2 Å². The molecule has 2 aliphatic heterocycles. The third-order valence-corrected chi connectivity index (χ3v) is 8.64. The van der Waals surface area contributed by atoms with Gasteiger partial charge in [0.25, 0.3) is 0 Å². The summed E-state index contributed by atoms with van der Waals surface area (Å²) in [5, 5.41) is 3.36. The van der Waals surface area contributed by atoms with Crippen LogP contribution in [0.4, 0.5) is 0 Å². The lowest BCUT2D eigenvalue weighted by Gasteiger charge is -2.26. The Bertz CT molecular complexity index is 1470. The summed E-state index contributed by atoms with van der Waals surface area (Å²) in [6.45, 7) is 1.01. The molecule has 3 aliphatic rings. The van der Waals surface area contributed by atoms with E-state index in [-0.39, 0.29) is 11.9 Å². The minimum absolute atomic E-state index is 0.125. The first-order valence-corrected chi connectivity index (χ1v) is 12.5. The molecule has 4 heterocycles. The maximum Gasteiger partial charge on any atom is 0.339 e. The van der Waals surface area contributed by atoms with Crippen molar-refractivity contribution in [1.29, 1.82) is 0 Å². The number of esters is 1. The predicted octanol–water partition coefficient (Wildman–Crippen LogP) is 5.29. The number of hydrogen-bond acceptors (Lipinski definition) is 5. The monoisotopic (exact) mass is 466 g/mol. The molecule has 1 saturated carbocycles. The molecule has 0 bridgehead atoms. The number of hydrogen-bond donors (Lipinski definition) is 0. The predicted molar refractivity (Wildman–Crippen MR) is 131 cm³/mol. The third kappa shape index (κ3) is 2.75. The van der Waals surface area contributed by atoms with Crippen LogP contribution in [0.25, 0.3) is 21.3 Å². The molecule has 1 amide bonds. The number of ether oxygens (including phenoxy) is 1. The van der Waals surface area contributed by atoms with Crippen molar-refractivity contribution < 1.29 is 14.3 Å². The van der Waals surface area contributed by atoms with E-state index in [1.807, 2.05) is 47.5 Å². The van der Waals surface area contributed by atoms with Gasteiger partial charge >= 0.3 is 5.97 Å². The van der Waals surface area contributed by atoms with Crippen LogP contribution < -0.4 is 0 Å². The SMILES string of the molecule is O=C1O[C@]2(CCN(C(=O)C3(c4ccc(-c5csc6ccccc56)nc4)CC3)C2)c2ccccc21. The van der Waals surface area contributed by atoms with E-state index in [4.69, 9.17) is 9.72 Å². The second-order valence-corrected chi connectivity index (χ2v) is 10.5. The molecule has 1 atom stereocenters. The molecule has 2 aromatic heterocycles. The number of aromatic nitrogens is 1. The van der Waals surface area contributed by atoms with Crippen LogP contribution in [-0.2, 0) is 20.5 Å². The molecule has 1 spiro atoms. The molecule has 7 rings (SSSR count). The Morgan fingerprint density at radius 2 is 1.79 bits per heavy atom. The van der Waals surface area contributed by atoms with Gasteiger partial charge in [0.2, 0.25) is 5.91 Å². The quantitative estimate of drug-likeness (QED) is 0.385. The zero-order chi connectivity index (χ0) is 22.9. The number of fused-ring (bicyclic) bond motifs is 3. The molecular weight excluding hydrogens is 444 g/mol. The van der Waals surface area contributed by atoms with Gasteiger partial charge in [-0.15, -0.1) is 11.3 Å². The fourth-order valence-electron chi connectivity index (χ4n) is 5.67. The molecule has 168 valence electrons. The summed E-state index contributed by atoms with van der Waals surface area (Å²) in [4.78, 5) is 32.8. The number of benzene rings is 2. The van der Waals surface area contributed by atoms with Crippen molar-refractivity contribution >= 4 is 33.3 Å². The van der Waals surface area contributed by atoms with Gasteiger partial charge in [0, 0.05) is 45.8 Å². The van der Waals surface area contributed by atoms with E-state index < -0.39 is 11.0 Å². The number of nitrogens with zero attached hydrogens (tertiary/aromatic N) is 2. The Balaban J connectivity index is 1.15. The van der Waals surface area contributed by atoms with E-state index in [2.05, 4.69) is 29.6 Å². The molecule has 34 heavy (non-hydrogen) atoms. The molecule has 0 N–H and O–H groups in total. The van der Waals surface area contributed by atoms with Crippen molar-refractivity contribution in [3.8, 4) is 11.3 Å². The van der Waals surface area contributed by atoms with Crippen LogP contribution in [0.15, 0.2) is 72.2 Å². The van der Waals surface area contributed by atoms with Crippen LogP contribution in [0, 0.1) is 0 Å². The summed E-state index contributed by atoms with van der Waals surface area (Å²) in [5.41, 5.74) is 3.36. The molecule has 1 aliphatic carbocycles. The largest absolute Gasteiger partial charge is 0.449 e. The molecule has 2 aromatic carbocycles. The Morgan fingerprint density at radius 3 is 2.62 bits per heavy atom. The van der Waals surface area contributed by atoms with E-state index in [1.54, 1.807) is 11.3 Å². The fourth-order valence-corrected chi connectivity index (χ4v) is 6.63. The van der Waals surface area contributed by atoms with E-state index >= 15 is 0 Å². The maximum atomic E-state index is 13.7. The minimum atomic E-state index is -0.707. The van der Waals surface area contributed by atoms with Crippen molar-refractivity contribution in [2.45, 2.75) is 30.3 Å². The molecule has 5 nitrogen and oxygen atoms in total. The highest BCUT2D eigenvalue weighted by atomic mass is 32.1. The average Bonchev–Trinajstić information content (AvgIpc) is 3.27. The molecule has 2 fully saturated rings. The van der Waals surface area contributed by atoms with Crippen LogP contribution in [0.5, 0.6) is 0 Å². The van der Waals surface area contributed by atoms with Gasteiger partial charge in [0.1, 0.15) is 0 Å². The molecule has 1 saturated heterocycles. The summed E-state index contributed by atoms with van der Waals surface area (Å²) < 4.78 is 7.09. The van der Waals surface area contributed by atoms with Crippen LogP contribution in [-0.4, -0.2) is 34.8 Å². The Hall–Kier alpha value is -3.51. The Morgan fingerprint density at radius 1 is 0.971 bits per heavy atom. The number of rotatable bonds is 3. The second-order valence-electron chi connectivity index (χ2n) is 9.57. The number of carbonyl (C=O) groups excluding carboxylic acids is 2. The third-order valence-electron chi connectivity index (χ3n) is 7.68. The second kappa shape index (κ2) is 7.00. The van der Waals surface area contributed by atoms with E-state index in [0.29, 0.717) is 25.1 Å². The zero-order valence-electron chi connectivity index (χ0n) is 18.5. The van der Waals surface area contributed by atoms with Gasteiger partial charge in [-0.25, -0.2) is 4.79 Å². The topological polar surface area (TPSA) is 59.5 Å².